The van der Waals surface area contributed by atoms with E-state index in [1.807, 2.05) is 69.3 Å². The van der Waals surface area contributed by atoms with Crippen molar-refractivity contribution in [2.45, 2.75) is 111 Å². The number of rotatable bonds is 21. The number of nitrogens with zero attached hydrogens (tertiary/aromatic N) is 5. The predicted octanol–water partition coefficient (Wildman–Crippen LogP) is 7.49. The predicted molar refractivity (Wildman–Crippen MR) is 253 cm³/mol. The number of Topliss-reactive ketones (excluding diaryl/α,β-unsaturated/α-hetero) is 1. The number of β-amino-alcohol motifs (C(OH)–C–C–N with tert-alkyl or cyclic N) is 1. The Morgan fingerprint density at radius 3 is 2.38 bits per heavy atom. The Morgan fingerprint density at radius 1 is 1.03 bits per heavy atom. The van der Waals surface area contributed by atoms with Gasteiger partial charge in [0.25, 0.3) is 5.91 Å². The van der Waals surface area contributed by atoms with Crippen molar-refractivity contribution in [1.82, 2.24) is 36.2 Å². The van der Waals surface area contributed by atoms with Crippen LogP contribution in [0.1, 0.15) is 102 Å². The van der Waals surface area contributed by atoms with Gasteiger partial charge in [-0.05, 0) is 71.9 Å². The van der Waals surface area contributed by atoms with E-state index in [1.165, 1.54) is 0 Å². The normalized spacial score (nSPS) is 20.1. The number of aliphatic hydroxyl groups excluding tert-OH is 1. The van der Waals surface area contributed by atoms with Gasteiger partial charge in [-0.2, -0.15) is 10.5 Å². The van der Waals surface area contributed by atoms with Crippen LogP contribution in [0.3, 0.4) is 0 Å². The highest BCUT2D eigenvalue weighted by atomic mass is 35.5. The third kappa shape index (κ3) is 11.9. The summed E-state index contributed by atoms with van der Waals surface area (Å²) in [5.41, 5.74) is 3.08. The van der Waals surface area contributed by atoms with Crippen molar-refractivity contribution >= 4 is 34.9 Å². The summed E-state index contributed by atoms with van der Waals surface area (Å²) >= 11 is 6.24. The number of aromatic amines is 1. The first-order chi connectivity index (χ1) is 31.3. The number of nitriles is 1. The van der Waals surface area contributed by atoms with E-state index in [2.05, 4.69) is 76.9 Å². The molecule has 3 aromatic carbocycles. The van der Waals surface area contributed by atoms with E-state index in [1.54, 1.807) is 23.1 Å². The van der Waals surface area contributed by atoms with Gasteiger partial charge in [0.1, 0.15) is 24.5 Å². The molecule has 0 unspecified atom stereocenters. The van der Waals surface area contributed by atoms with Gasteiger partial charge in [-0.25, -0.2) is 0 Å². The maximum Gasteiger partial charge on any atom is 0.251 e. The maximum absolute atomic E-state index is 14.1. The number of carbonyl (C=O) groups excluding carboxylic acids is 3. The van der Waals surface area contributed by atoms with E-state index in [0.717, 1.165) is 42.6 Å². The molecule has 5 N–H and O–H groups in total. The average molecular weight is 923 g/mol. The van der Waals surface area contributed by atoms with Crippen LogP contribution in [0.2, 0.25) is 5.02 Å². The summed E-state index contributed by atoms with van der Waals surface area (Å²) in [6, 6.07) is 21.7. The van der Waals surface area contributed by atoms with Crippen LogP contribution in [-0.2, 0) is 20.9 Å². The topological polar surface area (TPSA) is 207 Å². The van der Waals surface area contributed by atoms with Gasteiger partial charge in [0, 0.05) is 90.5 Å². The second-order valence-corrected chi connectivity index (χ2v) is 20.2. The van der Waals surface area contributed by atoms with Crippen LogP contribution in [-0.4, -0.2) is 98.8 Å². The summed E-state index contributed by atoms with van der Waals surface area (Å²) in [6.07, 6.45) is 2.07. The van der Waals surface area contributed by atoms with Crippen molar-refractivity contribution in [2.24, 2.45) is 22.2 Å². The lowest BCUT2D eigenvalue weighted by molar-refractivity contribution is -0.164. The lowest BCUT2D eigenvalue weighted by atomic mass is 9.49. The quantitative estimate of drug-likeness (QED) is 0.0516. The van der Waals surface area contributed by atoms with Gasteiger partial charge in [-0.1, -0.05) is 90.9 Å². The smallest absolute Gasteiger partial charge is 0.251 e. The molecular weight excluding hydrogens is 858 g/mol. The maximum atomic E-state index is 14.1. The third-order valence-electron chi connectivity index (χ3n) is 13.0. The fraction of sp³-hybridized carbons (Fsp3) is 0.500. The number of likely N-dealkylation sites (tertiary alicyclic amines) is 1. The molecule has 16 heteroatoms. The van der Waals surface area contributed by atoms with Crippen LogP contribution in [0.4, 0.5) is 5.69 Å². The number of hydrogen-bond acceptors (Lipinski definition) is 12. The highest BCUT2D eigenvalue weighted by molar-refractivity contribution is 6.31. The largest absolute Gasteiger partial charge is 0.489 e. The molecule has 4 aromatic rings. The number of benzene rings is 3. The molecule has 2 fully saturated rings. The monoisotopic (exact) mass is 921 g/mol. The number of anilines is 1. The third-order valence-corrected chi connectivity index (χ3v) is 13.3. The number of aliphatic hydroxyl groups is 1. The SMILES string of the molecule is C=C(NCc1ccc(-c2nn[nH]n2)cc1)[C@@H]1C[C@@H](O)CN1C(=O)[C@@H](CC(=O)COCCCCCNc1ccc(C(=O)NC2C(C)(C)C(Oc3ccc(C#N)c(Cl)c3)C2(C)C)cc1)C(C)(C)C. The number of halogens is 1. The molecule has 352 valence electrons. The summed E-state index contributed by atoms with van der Waals surface area (Å²) in [7, 11) is 0. The van der Waals surface area contributed by atoms with Crippen molar-refractivity contribution in [3.8, 4) is 23.2 Å². The summed E-state index contributed by atoms with van der Waals surface area (Å²) < 4.78 is 12.1. The molecule has 2 amide bonds. The van der Waals surface area contributed by atoms with Gasteiger partial charge in [-0.15, -0.1) is 10.2 Å². The molecule has 0 radical (unpaired) electrons. The van der Waals surface area contributed by atoms with Crippen molar-refractivity contribution in [1.29, 1.82) is 5.26 Å². The van der Waals surface area contributed by atoms with Crippen molar-refractivity contribution in [2.75, 3.05) is 31.6 Å². The first-order valence-corrected chi connectivity index (χ1v) is 23.0. The number of ether oxygens (including phenoxy) is 2. The molecule has 0 spiro atoms. The van der Waals surface area contributed by atoms with E-state index >= 15 is 0 Å². The number of H-pyrrole nitrogens is 1. The zero-order valence-corrected chi connectivity index (χ0v) is 39.9. The van der Waals surface area contributed by atoms with Gasteiger partial charge in [0.05, 0.1) is 22.7 Å². The van der Waals surface area contributed by atoms with Gasteiger partial charge in [-0.3, -0.25) is 14.4 Å². The van der Waals surface area contributed by atoms with E-state index < -0.39 is 23.5 Å². The van der Waals surface area contributed by atoms with Crippen LogP contribution < -0.4 is 20.7 Å². The number of carbonyl (C=O) groups is 3. The fourth-order valence-electron chi connectivity index (χ4n) is 9.50. The van der Waals surface area contributed by atoms with Crippen molar-refractivity contribution in [3.63, 3.8) is 0 Å². The molecule has 15 nitrogen and oxygen atoms in total. The first-order valence-electron chi connectivity index (χ1n) is 22.6. The number of amides is 2. The number of aromatic nitrogens is 4. The van der Waals surface area contributed by atoms with Gasteiger partial charge >= 0.3 is 0 Å². The Bertz CT molecular complexity index is 2340. The van der Waals surface area contributed by atoms with Gasteiger partial charge in [0.15, 0.2) is 5.78 Å². The van der Waals surface area contributed by atoms with E-state index in [4.69, 9.17) is 21.1 Å². The molecule has 1 aliphatic heterocycles. The summed E-state index contributed by atoms with van der Waals surface area (Å²) in [6.45, 7) is 20.1. The van der Waals surface area contributed by atoms with Crippen LogP contribution in [0.5, 0.6) is 5.75 Å². The molecular formula is C50H64ClN9O6. The lowest BCUT2D eigenvalue weighted by Gasteiger charge is -2.63. The number of hydrogen-bond donors (Lipinski definition) is 5. The standard InChI is InChI=1S/C50H64ClN9O6/c1-31(54-28-32-12-14-33(15-13-32)43-56-58-59-57-43)42-25-37(61)29-60(42)45(64)40(48(2,3)4)24-38(62)30-65-23-11-9-10-22-53-36-19-16-34(17-20-36)44(63)55-46-49(5,6)47(50(46,7)8)66-39-21-18-35(27-52)41(51)26-39/h12-21,26,37,40,42,46-47,53-54,61H,1,9-11,22-25,28-30H2,2-8H3,(H,55,63)(H,56,57,58,59)/t37-,40-,42+,46?,47?/m1/s1. The van der Waals surface area contributed by atoms with Crippen molar-refractivity contribution < 1.29 is 29.0 Å². The Kier molecular flexibility index (Phi) is 15.9. The second kappa shape index (κ2) is 21.2. The zero-order chi connectivity index (χ0) is 47.8. The number of ketones is 1. The molecule has 1 saturated heterocycles. The molecule has 3 atom stereocenters. The lowest BCUT2D eigenvalue weighted by Crippen LogP contribution is -2.74. The van der Waals surface area contributed by atoms with Gasteiger partial charge < -0.3 is 35.4 Å². The molecule has 66 heavy (non-hydrogen) atoms. The minimum absolute atomic E-state index is 0.0434. The van der Waals surface area contributed by atoms with E-state index in [9.17, 15) is 24.8 Å². The minimum atomic E-state index is -0.695. The van der Waals surface area contributed by atoms with E-state index in [0.29, 0.717) is 53.0 Å². The van der Waals surface area contributed by atoms with Gasteiger partial charge in [0.2, 0.25) is 11.7 Å². The summed E-state index contributed by atoms with van der Waals surface area (Å²) in [5.74, 6) is 0.0291. The minimum Gasteiger partial charge on any atom is -0.489 e. The number of unbranched alkanes of at least 4 members (excludes halogenated alkanes) is 2. The van der Waals surface area contributed by atoms with Crippen LogP contribution >= 0.6 is 11.6 Å². The summed E-state index contributed by atoms with van der Waals surface area (Å²) in [5, 5.41) is 44.3. The second-order valence-electron chi connectivity index (χ2n) is 19.8. The Morgan fingerprint density at radius 2 is 1.74 bits per heavy atom. The summed E-state index contributed by atoms with van der Waals surface area (Å²) in [4.78, 5) is 42.4. The highest BCUT2D eigenvalue weighted by Crippen LogP contribution is 2.55. The molecule has 1 aliphatic carbocycles. The van der Waals surface area contributed by atoms with Crippen molar-refractivity contribution in [3.05, 3.63) is 101 Å². The Hall–Kier alpha value is -5.82. The number of tetrazole rings is 1. The Labute approximate surface area is 393 Å². The number of nitrogens with one attached hydrogen (secondary N) is 4. The van der Waals surface area contributed by atoms with E-state index in [-0.39, 0.29) is 60.1 Å². The van der Waals surface area contributed by atoms with Crippen LogP contribution in [0, 0.1) is 33.5 Å². The molecule has 6 rings (SSSR count). The average Bonchev–Trinajstić information content (AvgIpc) is 3.97. The molecule has 1 aromatic heterocycles. The fourth-order valence-corrected chi connectivity index (χ4v) is 9.71. The molecule has 0 bridgehead atoms. The highest BCUT2D eigenvalue weighted by Gasteiger charge is 2.64. The van der Waals surface area contributed by atoms with Crippen LogP contribution in [0.25, 0.3) is 11.4 Å². The zero-order valence-electron chi connectivity index (χ0n) is 39.1. The molecule has 2 aliphatic rings. The molecule has 2 heterocycles. The Balaban J connectivity index is 0.875. The molecule has 1 saturated carbocycles. The van der Waals surface area contributed by atoms with Crippen LogP contribution in [0.15, 0.2) is 79.0 Å². The first kappa shape index (κ1) is 49.6.